The van der Waals surface area contributed by atoms with Crippen molar-refractivity contribution >= 4 is 28.2 Å². The van der Waals surface area contributed by atoms with Crippen molar-refractivity contribution in [3.05, 3.63) is 47.9 Å². The molecule has 102 valence electrons. The monoisotopic (exact) mass is 267 g/mol. The smallest absolute Gasteiger partial charge is 0.192 e. The third-order valence-electron chi connectivity index (χ3n) is 3.41. The summed E-state index contributed by atoms with van der Waals surface area (Å²) in [5, 5.41) is 0. The van der Waals surface area contributed by atoms with Gasteiger partial charge in [-0.2, -0.15) is 0 Å². The van der Waals surface area contributed by atoms with Gasteiger partial charge in [-0.25, -0.2) is 4.98 Å². The van der Waals surface area contributed by atoms with Crippen molar-refractivity contribution in [1.29, 1.82) is 0 Å². The quantitative estimate of drug-likeness (QED) is 0.718. The van der Waals surface area contributed by atoms with Crippen LogP contribution in [0.25, 0.3) is 11.1 Å². The summed E-state index contributed by atoms with van der Waals surface area (Å²) < 4.78 is 5.57. The molecule has 0 amide bonds. The predicted octanol–water partition coefficient (Wildman–Crippen LogP) is 3.79. The Labute approximate surface area is 117 Å². The lowest BCUT2D eigenvalue weighted by atomic mass is 10.1. The Bertz CT molecular complexity index is 776. The summed E-state index contributed by atoms with van der Waals surface area (Å²) >= 11 is 0. The van der Waals surface area contributed by atoms with Crippen molar-refractivity contribution in [3.63, 3.8) is 0 Å². The van der Waals surface area contributed by atoms with E-state index in [0.29, 0.717) is 5.89 Å². The summed E-state index contributed by atoms with van der Waals surface area (Å²) in [6.45, 7) is 3.88. The Morgan fingerprint density at radius 1 is 1.10 bits per heavy atom. The maximum Gasteiger partial charge on any atom is 0.192 e. The standard InChI is InChI=1S/C16H17N3O/c1-10-4-7-15(13(17)8-10)19(3)12-5-6-14-16(9-12)20-11(2)18-14/h4-9H,17H2,1-3H3. The lowest BCUT2D eigenvalue weighted by molar-refractivity contribution is 0.561. The molecule has 0 radical (unpaired) electrons. The van der Waals surface area contributed by atoms with E-state index in [2.05, 4.69) is 11.1 Å². The number of nitrogen functional groups attached to an aromatic ring is 1. The van der Waals surface area contributed by atoms with Crippen molar-refractivity contribution in [3.8, 4) is 0 Å². The second kappa shape index (κ2) is 4.56. The average molecular weight is 267 g/mol. The highest BCUT2D eigenvalue weighted by Crippen LogP contribution is 2.31. The van der Waals surface area contributed by atoms with E-state index in [9.17, 15) is 0 Å². The van der Waals surface area contributed by atoms with Crippen LogP contribution < -0.4 is 10.6 Å². The Morgan fingerprint density at radius 3 is 2.65 bits per heavy atom. The molecule has 2 aromatic carbocycles. The third-order valence-corrected chi connectivity index (χ3v) is 3.41. The molecule has 20 heavy (non-hydrogen) atoms. The van der Waals surface area contributed by atoms with Gasteiger partial charge in [0.2, 0.25) is 0 Å². The first-order valence-electron chi connectivity index (χ1n) is 6.51. The summed E-state index contributed by atoms with van der Waals surface area (Å²) in [6, 6.07) is 12.0. The van der Waals surface area contributed by atoms with Gasteiger partial charge in [-0.05, 0) is 36.8 Å². The number of fused-ring (bicyclic) bond motifs is 1. The average Bonchev–Trinajstić information content (AvgIpc) is 2.77. The number of aromatic nitrogens is 1. The van der Waals surface area contributed by atoms with Crippen LogP contribution in [0.15, 0.2) is 40.8 Å². The number of aryl methyl sites for hydroxylation is 2. The Hall–Kier alpha value is -2.49. The molecule has 3 rings (SSSR count). The molecular formula is C16H17N3O. The molecule has 0 aliphatic heterocycles. The molecule has 3 aromatic rings. The Morgan fingerprint density at radius 2 is 1.90 bits per heavy atom. The van der Waals surface area contributed by atoms with E-state index in [0.717, 1.165) is 33.7 Å². The first kappa shape index (κ1) is 12.5. The van der Waals surface area contributed by atoms with Gasteiger partial charge in [0.15, 0.2) is 11.5 Å². The van der Waals surface area contributed by atoms with Gasteiger partial charge < -0.3 is 15.1 Å². The highest BCUT2D eigenvalue weighted by atomic mass is 16.3. The van der Waals surface area contributed by atoms with Crippen LogP contribution in [0.4, 0.5) is 17.1 Å². The second-order valence-corrected chi connectivity index (χ2v) is 5.01. The number of hydrogen-bond donors (Lipinski definition) is 1. The first-order chi connectivity index (χ1) is 9.54. The van der Waals surface area contributed by atoms with E-state index in [1.807, 2.05) is 56.1 Å². The molecule has 1 heterocycles. The molecule has 0 aliphatic rings. The normalized spacial score (nSPS) is 10.9. The van der Waals surface area contributed by atoms with E-state index in [4.69, 9.17) is 10.2 Å². The van der Waals surface area contributed by atoms with Crippen LogP contribution >= 0.6 is 0 Å². The fourth-order valence-electron chi connectivity index (χ4n) is 2.36. The molecule has 0 atom stereocenters. The van der Waals surface area contributed by atoms with Gasteiger partial charge in [0.1, 0.15) is 5.52 Å². The van der Waals surface area contributed by atoms with Crippen molar-refractivity contribution in [2.75, 3.05) is 17.7 Å². The maximum absolute atomic E-state index is 6.10. The summed E-state index contributed by atoms with van der Waals surface area (Å²) in [7, 11) is 1.99. The zero-order valence-corrected chi connectivity index (χ0v) is 11.8. The number of hydrogen-bond acceptors (Lipinski definition) is 4. The van der Waals surface area contributed by atoms with Gasteiger partial charge in [-0.15, -0.1) is 0 Å². The van der Waals surface area contributed by atoms with E-state index < -0.39 is 0 Å². The molecule has 2 N–H and O–H groups in total. The third kappa shape index (κ3) is 2.09. The highest BCUT2D eigenvalue weighted by molar-refractivity contribution is 5.82. The predicted molar refractivity (Wildman–Crippen MR) is 82.4 cm³/mol. The van der Waals surface area contributed by atoms with Gasteiger partial charge in [-0.3, -0.25) is 0 Å². The van der Waals surface area contributed by atoms with Crippen LogP contribution in [-0.4, -0.2) is 12.0 Å². The molecule has 0 spiro atoms. The molecule has 4 nitrogen and oxygen atoms in total. The molecule has 0 saturated carbocycles. The van der Waals surface area contributed by atoms with Crippen molar-refractivity contribution in [1.82, 2.24) is 4.98 Å². The maximum atomic E-state index is 6.10. The van der Waals surface area contributed by atoms with E-state index >= 15 is 0 Å². The lowest BCUT2D eigenvalue weighted by Gasteiger charge is -2.21. The highest BCUT2D eigenvalue weighted by Gasteiger charge is 2.10. The van der Waals surface area contributed by atoms with E-state index in [1.54, 1.807) is 0 Å². The molecule has 0 bridgehead atoms. The van der Waals surface area contributed by atoms with Crippen molar-refractivity contribution in [2.24, 2.45) is 0 Å². The first-order valence-corrected chi connectivity index (χ1v) is 6.51. The van der Waals surface area contributed by atoms with E-state index in [-0.39, 0.29) is 0 Å². The van der Waals surface area contributed by atoms with Gasteiger partial charge in [0.05, 0.1) is 11.4 Å². The van der Waals surface area contributed by atoms with Crippen LogP contribution in [-0.2, 0) is 0 Å². The van der Waals surface area contributed by atoms with Crippen molar-refractivity contribution < 1.29 is 4.42 Å². The Kier molecular flexibility index (Phi) is 2.86. The van der Waals surface area contributed by atoms with Crippen LogP contribution in [0.3, 0.4) is 0 Å². The summed E-state index contributed by atoms with van der Waals surface area (Å²) in [4.78, 5) is 6.35. The number of oxazole rings is 1. The minimum atomic E-state index is 0.676. The number of nitrogens with two attached hydrogens (primary N) is 1. The minimum Gasteiger partial charge on any atom is -0.441 e. The van der Waals surface area contributed by atoms with Gasteiger partial charge in [-0.1, -0.05) is 6.07 Å². The zero-order chi connectivity index (χ0) is 14.3. The minimum absolute atomic E-state index is 0.676. The number of nitrogens with zero attached hydrogens (tertiary/aromatic N) is 2. The zero-order valence-electron chi connectivity index (χ0n) is 11.8. The topological polar surface area (TPSA) is 55.3 Å². The fraction of sp³-hybridized carbons (Fsp3) is 0.188. The number of benzene rings is 2. The van der Waals surface area contributed by atoms with Crippen LogP contribution in [0.2, 0.25) is 0 Å². The van der Waals surface area contributed by atoms with Gasteiger partial charge in [0, 0.05) is 25.7 Å². The molecule has 1 aromatic heterocycles. The molecular weight excluding hydrogens is 250 g/mol. The van der Waals surface area contributed by atoms with Crippen molar-refractivity contribution in [2.45, 2.75) is 13.8 Å². The molecule has 4 heteroatoms. The second-order valence-electron chi connectivity index (χ2n) is 5.01. The number of rotatable bonds is 2. The molecule has 0 saturated heterocycles. The SMILES string of the molecule is Cc1ccc(N(C)c2ccc3nc(C)oc3c2)c(N)c1. The van der Waals surface area contributed by atoms with Crippen LogP contribution in [0, 0.1) is 13.8 Å². The largest absolute Gasteiger partial charge is 0.441 e. The molecule has 0 fully saturated rings. The Balaban J connectivity index is 2.04. The van der Waals surface area contributed by atoms with Gasteiger partial charge >= 0.3 is 0 Å². The molecule has 0 aliphatic carbocycles. The van der Waals surface area contributed by atoms with Crippen LogP contribution in [0.1, 0.15) is 11.5 Å². The summed E-state index contributed by atoms with van der Waals surface area (Å²) in [5.74, 6) is 0.676. The lowest BCUT2D eigenvalue weighted by Crippen LogP contribution is -2.11. The van der Waals surface area contributed by atoms with Gasteiger partial charge in [0.25, 0.3) is 0 Å². The van der Waals surface area contributed by atoms with Crippen LogP contribution in [0.5, 0.6) is 0 Å². The van der Waals surface area contributed by atoms with E-state index in [1.165, 1.54) is 0 Å². The molecule has 0 unspecified atom stereocenters. The summed E-state index contributed by atoms with van der Waals surface area (Å²) in [6.07, 6.45) is 0. The summed E-state index contributed by atoms with van der Waals surface area (Å²) in [5.41, 5.74) is 11.7. The number of anilines is 3. The fourth-order valence-corrected chi connectivity index (χ4v) is 2.36.